The zero-order valence-electron chi connectivity index (χ0n) is 27.1. The molecule has 0 heterocycles. The molecule has 0 spiro atoms. The quantitative estimate of drug-likeness (QED) is 0.0154. The van der Waals surface area contributed by atoms with E-state index >= 15 is 0 Å². The summed E-state index contributed by atoms with van der Waals surface area (Å²) in [6.07, 6.45) is 0.318. The van der Waals surface area contributed by atoms with Gasteiger partial charge in [0.1, 0.15) is 10.7 Å². The van der Waals surface area contributed by atoms with Gasteiger partial charge in [-0.25, -0.2) is 19.4 Å². The van der Waals surface area contributed by atoms with E-state index in [4.69, 9.17) is 26.8 Å². The highest BCUT2D eigenvalue weighted by molar-refractivity contribution is 7.87. The number of azide groups is 2. The van der Waals surface area contributed by atoms with Crippen molar-refractivity contribution in [1.29, 1.82) is 10.8 Å². The highest BCUT2D eigenvalue weighted by atomic mass is 32.2. The summed E-state index contributed by atoms with van der Waals surface area (Å²) in [7, 11) is -4.89. The van der Waals surface area contributed by atoms with Crippen LogP contribution in [-0.2, 0) is 29.5 Å². The predicted octanol–water partition coefficient (Wildman–Crippen LogP) is 6.33. The number of anilines is 2. The standard InChI is InChI=1S/C28H32N12O11S/c29-24-16-23(52(47,48)49)26(30)28(24,11-3-5-13-34-20-10-8-18(40(45)46)15-22(20)36-38-32)27(42)51-50-25(41)6-2-1-4-12-33-19-9-7-17(39(43)44)14-21(19)35-37-31/h7-10,14-15,23,29-30,33-34H,1-6,11-13,16H2,(H,47,48,49). The Balaban J connectivity index is 1.54. The number of rotatable bonds is 19. The number of hydrogen-bond acceptors (Lipinski definition) is 16. The Bertz CT molecular complexity index is 1960. The maximum Gasteiger partial charge on any atom is 0.372 e. The number of nitrogens with zero attached hydrogens (tertiary/aromatic N) is 8. The first-order chi connectivity index (χ1) is 24.6. The number of benzene rings is 2. The molecule has 3 rings (SSSR count). The topological polar surface area (TPSA) is 363 Å². The van der Waals surface area contributed by atoms with Gasteiger partial charge in [0, 0.05) is 70.7 Å². The highest BCUT2D eigenvalue weighted by Gasteiger charge is 2.59. The molecule has 52 heavy (non-hydrogen) atoms. The van der Waals surface area contributed by atoms with Crippen LogP contribution >= 0.6 is 0 Å². The lowest BCUT2D eigenvalue weighted by Gasteiger charge is -2.26. The number of carbonyl (C=O) groups excluding carboxylic acids is 2. The van der Waals surface area contributed by atoms with Crippen molar-refractivity contribution < 1.29 is 42.2 Å². The van der Waals surface area contributed by atoms with E-state index in [1.54, 1.807) is 0 Å². The fourth-order valence-electron chi connectivity index (χ4n) is 5.33. The van der Waals surface area contributed by atoms with E-state index in [0.717, 1.165) is 12.1 Å². The lowest BCUT2D eigenvalue weighted by atomic mass is 9.78. The SMILES string of the molecule is [N-]=[N+]=Nc1cc([N+](=O)[O-])ccc1NCCCCCC(=O)OOC(=O)C1(CCCCNc2ccc([N+](=O)[O-])cc2N=[N+]=[N-])C(=N)CC(S(=O)(=O)O)C1=N. The van der Waals surface area contributed by atoms with E-state index in [-0.39, 0.29) is 67.1 Å². The molecule has 2 aromatic rings. The minimum atomic E-state index is -4.89. The van der Waals surface area contributed by atoms with Crippen molar-refractivity contribution >= 4 is 67.6 Å². The van der Waals surface area contributed by atoms with Gasteiger partial charge in [-0.3, -0.25) is 24.8 Å². The molecule has 0 aliphatic heterocycles. The Labute approximate surface area is 293 Å². The summed E-state index contributed by atoms with van der Waals surface area (Å²) in [5.74, 6) is -2.36. The van der Waals surface area contributed by atoms with Crippen molar-refractivity contribution in [3.8, 4) is 0 Å². The van der Waals surface area contributed by atoms with E-state index in [9.17, 15) is 42.8 Å². The summed E-state index contributed by atoms with van der Waals surface area (Å²) < 4.78 is 33.6. The zero-order valence-corrected chi connectivity index (χ0v) is 27.9. The lowest BCUT2D eigenvalue weighted by molar-refractivity contribution is -0.385. The van der Waals surface area contributed by atoms with Gasteiger partial charge in [0.05, 0.1) is 33.4 Å². The molecule has 24 heteroatoms. The number of nitrogens with one attached hydrogen (secondary N) is 4. The predicted molar refractivity (Wildman–Crippen MR) is 183 cm³/mol. The van der Waals surface area contributed by atoms with Crippen LogP contribution < -0.4 is 10.6 Å². The molecule has 0 saturated heterocycles. The van der Waals surface area contributed by atoms with Gasteiger partial charge in [0.15, 0.2) is 0 Å². The van der Waals surface area contributed by atoms with Crippen molar-refractivity contribution in [2.75, 3.05) is 23.7 Å². The smallest absolute Gasteiger partial charge is 0.372 e. The molecule has 2 atom stereocenters. The Kier molecular flexibility index (Phi) is 13.9. The van der Waals surface area contributed by atoms with E-state index in [1.807, 2.05) is 0 Å². The average molecular weight is 745 g/mol. The summed E-state index contributed by atoms with van der Waals surface area (Å²) in [4.78, 5) is 61.0. The van der Waals surface area contributed by atoms with Crippen LogP contribution in [0.4, 0.5) is 34.1 Å². The van der Waals surface area contributed by atoms with Crippen LogP contribution in [0.3, 0.4) is 0 Å². The number of nitro benzene ring substituents is 2. The Morgan fingerprint density at radius 2 is 1.42 bits per heavy atom. The third kappa shape index (κ3) is 10.1. The fourth-order valence-corrected chi connectivity index (χ4v) is 6.21. The van der Waals surface area contributed by atoms with Gasteiger partial charge in [0.25, 0.3) is 21.5 Å². The molecule has 5 N–H and O–H groups in total. The largest absolute Gasteiger partial charge is 0.385 e. The molecule has 1 fully saturated rings. The first kappa shape index (κ1) is 40.1. The maximum absolute atomic E-state index is 13.3. The zero-order chi connectivity index (χ0) is 38.5. The van der Waals surface area contributed by atoms with Crippen LogP contribution in [0, 0.1) is 36.5 Å². The van der Waals surface area contributed by atoms with Crippen molar-refractivity contribution in [3.63, 3.8) is 0 Å². The summed E-state index contributed by atoms with van der Waals surface area (Å²) in [5, 5.41) is 49.8. The average Bonchev–Trinajstić information content (AvgIpc) is 3.36. The van der Waals surface area contributed by atoms with Crippen molar-refractivity contribution in [3.05, 3.63) is 77.5 Å². The summed E-state index contributed by atoms with van der Waals surface area (Å²) in [5.41, 5.74) is 14.0. The van der Waals surface area contributed by atoms with Crippen LogP contribution in [0.5, 0.6) is 0 Å². The second-order valence-corrected chi connectivity index (χ2v) is 12.8. The van der Waals surface area contributed by atoms with Crippen LogP contribution in [0.2, 0.25) is 0 Å². The van der Waals surface area contributed by atoms with Gasteiger partial charge in [0.2, 0.25) is 0 Å². The molecule has 0 bridgehead atoms. The molecule has 1 aliphatic carbocycles. The molecule has 0 amide bonds. The van der Waals surface area contributed by atoms with Gasteiger partial charge >= 0.3 is 11.9 Å². The van der Waals surface area contributed by atoms with Gasteiger partial charge in [-0.2, -0.15) is 8.42 Å². The van der Waals surface area contributed by atoms with Crippen LogP contribution in [-0.4, -0.2) is 64.5 Å². The number of unbranched alkanes of at least 4 members (excludes halogenated alkanes) is 3. The second-order valence-electron chi connectivity index (χ2n) is 11.2. The van der Waals surface area contributed by atoms with Crippen molar-refractivity contribution in [2.24, 2.45) is 15.6 Å². The maximum atomic E-state index is 13.3. The summed E-state index contributed by atoms with van der Waals surface area (Å²) in [6, 6.07) is 7.33. The lowest BCUT2D eigenvalue weighted by Crippen LogP contribution is -2.45. The molecular formula is C28H32N12O11S. The number of nitro groups is 2. The third-order valence-electron chi connectivity index (χ3n) is 7.96. The summed E-state index contributed by atoms with van der Waals surface area (Å²) in [6.45, 7) is 0.489. The molecule has 23 nitrogen and oxygen atoms in total. The van der Waals surface area contributed by atoms with Gasteiger partial charge in [-0.05, 0) is 55.3 Å². The number of hydrogen-bond donors (Lipinski definition) is 5. The Morgan fingerprint density at radius 1 is 0.904 bits per heavy atom. The van der Waals surface area contributed by atoms with E-state index in [2.05, 4.69) is 35.6 Å². The molecule has 276 valence electrons. The van der Waals surface area contributed by atoms with Crippen LogP contribution in [0.15, 0.2) is 46.6 Å². The van der Waals surface area contributed by atoms with E-state index < -0.39 is 60.4 Å². The Morgan fingerprint density at radius 3 is 1.88 bits per heavy atom. The molecular weight excluding hydrogens is 712 g/mol. The molecule has 2 unspecified atom stereocenters. The molecule has 0 aromatic heterocycles. The van der Waals surface area contributed by atoms with Gasteiger partial charge in [-0.1, -0.05) is 16.6 Å². The second kappa shape index (κ2) is 18.1. The Hall–Kier alpha value is -6.35. The molecule has 1 saturated carbocycles. The monoisotopic (exact) mass is 744 g/mol. The molecule has 0 radical (unpaired) electrons. The highest BCUT2D eigenvalue weighted by Crippen LogP contribution is 2.41. The van der Waals surface area contributed by atoms with E-state index in [0.29, 0.717) is 25.1 Å². The van der Waals surface area contributed by atoms with Crippen LogP contribution in [0.1, 0.15) is 51.4 Å². The van der Waals surface area contributed by atoms with E-state index in [1.165, 1.54) is 24.3 Å². The number of carbonyl (C=O) groups is 2. The van der Waals surface area contributed by atoms with Crippen molar-refractivity contribution in [1.82, 2.24) is 0 Å². The summed E-state index contributed by atoms with van der Waals surface area (Å²) >= 11 is 0. The molecule has 2 aromatic carbocycles. The van der Waals surface area contributed by atoms with Crippen molar-refractivity contribution in [2.45, 2.75) is 56.6 Å². The normalized spacial score (nSPS) is 16.6. The third-order valence-corrected chi connectivity index (χ3v) is 9.08. The van der Waals surface area contributed by atoms with Gasteiger partial charge in [-0.15, -0.1) is 0 Å². The minimum absolute atomic E-state index is 0.0333. The fraction of sp³-hybridized carbons (Fsp3) is 0.429. The number of non-ortho nitro benzene ring substituents is 2. The van der Waals surface area contributed by atoms with Crippen LogP contribution in [0.25, 0.3) is 20.9 Å². The molecule has 1 aliphatic rings. The first-order valence-electron chi connectivity index (χ1n) is 15.4. The minimum Gasteiger partial charge on any atom is -0.385 e. The van der Waals surface area contributed by atoms with Gasteiger partial charge < -0.3 is 21.5 Å². The first-order valence-corrected chi connectivity index (χ1v) is 16.9.